The minimum Gasteiger partial charge on any atom is -0.170 e. The molecule has 0 spiro atoms. The van der Waals surface area contributed by atoms with Crippen molar-refractivity contribution in [2.75, 3.05) is 0 Å². The SMILES string of the molecule is C=C/C=C\C(=C/C=C)C(CC)(CC)C(C(F)(F)F)(C(F)(F)F)C(CC)(CC)C(/C=C\C=C)=C/C=C. The van der Waals surface area contributed by atoms with Crippen LogP contribution in [0.15, 0.2) is 98.2 Å². The van der Waals surface area contributed by atoms with Crippen LogP contribution in [0.4, 0.5) is 26.3 Å². The Bertz CT molecular complexity index is 779. The summed E-state index contributed by atoms with van der Waals surface area (Å²) >= 11 is 0. The monoisotopic (exact) mass is 500 g/mol. The maximum absolute atomic E-state index is 15.5. The van der Waals surface area contributed by atoms with E-state index in [1.54, 1.807) is 0 Å². The average molecular weight is 501 g/mol. The predicted molar refractivity (Wildman–Crippen MR) is 136 cm³/mol. The summed E-state index contributed by atoms with van der Waals surface area (Å²) in [5, 5.41) is 0. The van der Waals surface area contributed by atoms with E-state index in [4.69, 9.17) is 0 Å². The molecule has 0 amide bonds. The van der Waals surface area contributed by atoms with Gasteiger partial charge in [-0.25, -0.2) is 0 Å². The van der Waals surface area contributed by atoms with Crippen molar-refractivity contribution in [2.45, 2.75) is 65.7 Å². The summed E-state index contributed by atoms with van der Waals surface area (Å²) in [4.78, 5) is 0. The Hall–Kier alpha value is -2.50. The molecule has 0 aliphatic carbocycles. The van der Waals surface area contributed by atoms with Crippen LogP contribution in [0.25, 0.3) is 0 Å². The standard InChI is InChI=1S/C29H38F6/c1-9-17-21-23(19-11-3)25(13-5,14-6)27(28(30,31)32,29(33,34)35)26(15-7,16-8)24(20-12-4)22-18-10-2/h9-12,17-22H,1-4,13-16H2,5-8H3/b21-17-,22-18-,23-19+,24-20+. The minimum absolute atomic E-state index is 0.107. The number of rotatable bonds is 14. The second-order valence-corrected chi connectivity index (χ2v) is 8.23. The van der Waals surface area contributed by atoms with Gasteiger partial charge in [0.1, 0.15) is 0 Å². The Morgan fingerprint density at radius 3 is 1.00 bits per heavy atom. The fourth-order valence-electron chi connectivity index (χ4n) is 5.86. The van der Waals surface area contributed by atoms with Crippen molar-refractivity contribution in [3.63, 3.8) is 0 Å². The van der Waals surface area contributed by atoms with Gasteiger partial charge in [0, 0.05) is 10.8 Å². The molecule has 35 heavy (non-hydrogen) atoms. The van der Waals surface area contributed by atoms with Crippen LogP contribution in [-0.4, -0.2) is 12.4 Å². The first-order chi connectivity index (χ1) is 16.3. The van der Waals surface area contributed by atoms with Gasteiger partial charge in [0.25, 0.3) is 0 Å². The number of halogens is 6. The van der Waals surface area contributed by atoms with E-state index in [0.717, 1.165) is 0 Å². The molecule has 0 unspecified atom stereocenters. The maximum atomic E-state index is 15.5. The molecule has 0 saturated heterocycles. The quantitative estimate of drug-likeness (QED) is 0.164. The Kier molecular flexibility index (Phi) is 12.1. The smallest absolute Gasteiger partial charge is 0.170 e. The van der Waals surface area contributed by atoms with Gasteiger partial charge in [-0.3, -0.25) is 0 Å². The van der Waals surface area contributed by atoms with E-state index in [0.29, 0.717) is 0 Å². The Morgan fingerprint density at radius 1 is 0.543 bits per heavy atom. The largest absolute Gasteiger partial charge is 0.404 e. The lowest BCUT2D eigenvalue weighted by atomic mass is 9.42. The molecular formula is C29H38F6. The van der Waals surface area contributed by atoms with Crippen LogP contribution in [0.2, 0.25) is 0 Å². The third kappa shape index (κ3) is 5.36. The van der Waals surface area contributed by atoms with E-state index < -0.39 is 54.3 Å². The number of allylic oxidation sites excluding steroid dienone is 12. The summed E-state index contributed by atoms with van der Waals surface area (Å²) < 4.78 is 93.2. The van der Waals surface area contributed by atoms with E-state index in [-0.39, 0.29) is 11.1 Å². The van der Waals surface area contributed by atoms with Gasteiger partial charge in [0.15, 0.2) is 5.41 Å². The van der Waals surface area contributed by atoms with Crippen LogP contribution in [0.3, 0.4) is 0 Å². The molecule has 0 aromatic heterocycles. The lowest BCUT2D eigenvalue weighted by Gasteiger charge is -2.61. The van der Waals surface area contributed by atoms with Crippen LogP contribution in [-0.2, 0) is 0 Å². The fourth-order valence-corrected chi connectivity index (χ4v) is 5.86. The Balaban J connectivity index is 8.65. The summed E-state index contributed by atoms with van der Waals surface area (Å²) in [6.07, 6.45) is -0.200. The zero-order valence-corrected chi connectivity index (χ0v) is 21.2. The highest BCUT2D eigenvalue weighted by Gasteiger charge is 2.85. The topological polar surface area (TPSA) is 0 Å². The van der Waals surface area contributed by atoms with Crippen LogP contribution in [0.5, 0.6) is 0 Å². The van der Waals surface area contributed by atoms with E-state index in [1.165, 1.54) is 88.5 Å². The second-order valence-electron chi connectivity index (χ2n) is 8.23. The van der Waals surface area contributed by atoms with Crippen molar-refractivity contribution >= 4 is 0 Å². The molecule has 0 aromatic carbocycles. The average Bonchev–Trinajstić information content (AvgIpc) is 2.79. The molecule has 0 nitrogen and oxygen atoms in total. The van der Waals surface area contributed by atoms with Crippen molar-refractivity contribution < 1.29 is 26.3 Å². The van der Waals surface area contributed by atoms with Crippen LogP contribution in [0.1, 0.15) is 53.4 Å². The number of hydrogen-bond donors (Lipinski definition) is 0. The molecule has 0 aliphatic rings. The third-order valence-electron chi connectivity index (χ3n) is 7.22. The number of hydrogen-bond acceptors (Lipinski definition) is 0. The van der Waals surface area contributed by atoms with Gasteiger partial charge in [0.2, 0.25) is 0 Å². The van der Waals surface area contributed by atoms with Gasteiger partial charge < -0.3 is 0 Å². The lowest BCUT2D eigenvalue weighted by Crippen LogP contribution is -2.69. The molecule has 0 heterocycles. The summed E-state index contributed by atoms with van der Waals surface area (Å²) in [7, 11) is 0. The normalized spacial score (nSPS) is 15.0. The molecule has 0 saturated carbocycles. The Labute approximate surface area is 206 Å². The Morgan fingerprint density at radius 2 is 0.829 bits per heavy atom. The zero-order valence-electron chi connectivity index (χ0n) is 21.2. The molecule has 6 heteroatoms. The van der Waals surface area contributed by atoms with Crippen molar-refractivity contribution in [3.05, 3.63) is 98.2 Å². The fraction of sp³-hybridized carbons (Fsp3) is 0.448. The van der Waals surface area contributed by atoms with Gasteiger partial charge in [-0.1, -0.05) is 115 Å². The van der Waals surface area contributed by atoms with Crippen LogP contribution >= 0.6 is 0 Å². The first-order valence-electron chi connectivity index (χ1n) is 11.7. The third-order valence-corrected chi connectivity index (χ3v) is 7.22. The van der Waals surface area contributed by atoms with Crippen molar-refractivity contribution in [2.24, 2.45) is 16.2 Å². The molecule has 0 fully saturated rings. The summed E-state index contributed by atoms with van der Waals surface area (Å²) in [6, 6.07) is 0. The van der Waals surface area contributed by atoms with Crippen molar-refractivity contribution in [3.8, 4) is 0 Å². The molecule has 0 N–H and O–H groups in total. The van der Waals surface area contributed by atoms with Crippen LogP contribution in [0, 0.1) is 16.2 Å². The molecule has 0 aromatic rings. The van der Waals surface area contributed by atoms with Crippen LogP contribution < -0.4 is 0 Å². The van der Waals surface area contributed by atoms with E-state index in [9.17, 15) is 0 Å². The molecule has 0 radical (unpaired) electrons. The van der Waals surface area contributed by atoms with E-state index in [2.05, 4.69) is 26.3 Å². The first-order valence-corrected chi connectivity index (χ1v) is 11.7. The maximum Gasteiger partial charge on any atom is 0.404 e. The molecular weight excluding hydrogens is 462 g/mol. The molecule has 0 bridgehead atoms. The molecule has 0 rings (SSSR count). The highest BCUT2D eigenvalue weighted by Crippen LogP contribution is 2.75. The van der Waals surface area contributed by atoms with E-state index in [1.807, 2.05) is 0 Å². The summed E-state index contributed by atoms with van der Waals surface area (Å²) in [5.74, 6) is 0. The highest BCUT2D eigenvalue weighted by atomic mass is 19.4. The van der Waals surface area contributed by atoms with Crippen molar-refractivity contribution in [1.82, 2.24) is 0 Å². The van der Waals surface area contributed by atoms with Gasteiger partial charge >= 0.3 is 12.4 Å². The predicted octanol–water partition coefficient (Wildman–Crippen LogP) is 10.4. The highest BCUT2D eigenvalue weighted by molar-refractivity contribution is 5.43. The van der Waals surface area contributed by atoms with Gasteiger partial charge in [-0.2, -0.15) is 26.3 Å². The zero-order chi connectivity index (χ0) is 27.6. The van der Waals surface area contributed by atoms with Gasteiger partial charge in [-0.05, 0) is 36.8 Å². The second kappa shape index (κ2) is 13.0. The van der Waals surface area contributed by atoms with E-state index >= 15 is 26.3 Å². The lowest BCUT2D eigenvalue weighted by molar-refractivity contribution is -0.407. The molecule has 0 aliphatic heterocycles. The number of alkyl halides is 6. The van der Waals surface area contributed by atoms with Crippen molar-refractivity contribution in [1.29, 1.82) is 0 Å². The van der Waals surface area contributed by atoms with Gasteiger partial charge in [0.05, 0.1) is 0 Å². The van der Waals surface area contributed by atoms with Gasteiger partial charge in [-0.15, -0.1) is 0 Å². The molecule has 0 atom stereocenters. The first kappa shape index (κ1) is 32.5. The summed E-state index contributed by atoms with van der Waals surface area (Å²) in [6.45, 7) is 19.7. The minimum atomic E-state index is -5.67. The summed E-state index contributed by atoms with van der Waals surface area (Å²) in [5.41, 5.74) is -9.14. The molecule has 196 valence electrons.